The van der Waals surface area contributed by atoms with Gasteiger partial charge in [0.15, 0.2) is 0 Å². The van der Waals surface area contributed by atoms with Gasteiger partial charge in [0.05, 0.1) is 0 Å². The zero-order chi connectivity index (χ0) is 16.7. The summed E-state index contributed by atoms with van der Waals surface area (Å²) in [6.45, 7) is 10.6. The Labute approximate surface area is 141 Å². The van der Waals surface area contributed by atoms with Crippen LogP contribution in [0.25, 0.3) is 18.2 Å². The summed E-state index contributed by atoms with van der Waals surface area (Å²) < 4.78 is 0. The Morgan fingerprint density at radius 3 is 2.52 bits per heavy atom. The SMILES string of the molecule is C=C/C=C\c1ccc2/c(c1C)=C/C(CCC)C(CCC)/C=C\C=2. The maximum absolute atomic E-state index is 3.78. The van der Waals surface area contributed by atoms with Crippen LogP contribution in [-0.2, 0) is 0 Å². The molecule has 1 aliphatic carbocycles. The first-order valence-corrected chi connectivity index (χ1v) is 9.00. The molecule has 1 aromatic carbocycles. The van der Waals surface area contributed by atoms with Crippen molar-refractivity contribution in [3.05, 3.63) is 64.6 Å². The highest BCUT2D eigenvalue weighted by Crippen LogP contribution is 2.26. The molecule has 0 heteroatoms. The average Bonchev–Trinajstić information content (AvgIpc) is 2.53. The Bertz CT molecular complexity index is 700. The molecule has 0 heterocycles. The van der Waals surface area contributed by atoms with Gasteiger partial charge in [0, 0.05) is 0 Å². The average molecular weight is 306 g/mol. The topological polar surface area (TPSA) is 0 Å². The minimum atomic E-state index is 0.640. The molecule has 0 nitrogen and oxygen atoms in total. The van der Waals surface area contributed by atoms with E-state index in [-0.39, 0.29) is 0 Å². The van der Waals surface area contributed by atoms with E-state index >= 15 is 0 Å². The van der Waals surface area contributed by atoms with Crippen molar-refractivity contribution in [3.63, 3.8) is 0 Å². The molecular formula is C23H30. The predicted molar refractivity (Wildman–Crippen MR) is 105 cm³/mol. The second-order valence-corrected chi connectivity index (χ2v) is 6.50. The number of hydrogen-bond donors (Lipinski definition) is 0. The molecule has 0 spiro atoms. The molecule has 0 saturated heterocycles. The second-order valence-electron chi connectivity index (χ2n) is 6.50. The molecule has 0 fully saturated rings. The molecule has 0 radical (unpaired) electrons. The van der Waals surface area contributed by atoms with Crippen molar-refractivity contribution in [2.75, 3.05) is 0 Å². The molecule has 1 aromatic rings. The third-order valence-corrected chi connectivity index (χ3v) is 4.81. The molecule has 122 valence electrons. The van der Waals surface area contributed by atoms with Gasteiger partial charge in [-0.1, -0.05) is 87.9 Å². The summed E-state index contributed by atoms with van der Waals surface area (Å²) in [7, 11) is 0. The predicted octanol–water partition coefficient (Wildman–Crippen LogP) is 5.16. The van der Waals surface area contributed by atoms with Crippen LogP contribution in [0.1, 0.15) is 50.7 Å². The Kier molecular flexibility index (Phi) is 6.65. The lowest BCUT2D eigenvalue weighted by Crippen LogP contribution is -2.31. The van der Waals surface area contributed by atoms with E-state index in [1.807, 2.05) is 12.2 Å². The Balaban J connectivity index is 2.61. The molecule has 2 rings (SSSR count). The number of hydrogen-bond acceptors (Lipinski definition) is 0. The van der Waals surface area contributed by atoms with E-state index in [1.54, 1.807) is 0 Å². The van der Waals surface area contributed by atoms with Crippen molar-refractivity contribution in [2.24, 2.45) is 11.8 Å². The molecule has 0 aliphatic heterocycles. The number of fused-ring (bicyclic) bond motifs is 1. The third kappa shape index (κ3) is 4.34. The maximum atomic E-state index is 3.78. The summed E-state index contributed by atoms with van der Waals surface area (Å²) in [4.78, 5) is 0. The van der Waals surface area contributed by atoms with Crippen LogP contribution in [0.3, 0.4) is 0 Å². The zero-order valence-corrected chi connectivity index (χ0v) is 14.9. The van der Waals surface area contributed by atoms with Crippen LogP contribution in [0.5, 0.6) is 0 Å². The summed E-state index contributed by atoms with van der Waals surface area (Å²) >= 11 is 0. The smallest absolute Gasteiger partial charge is 0.0161 e. The fourth-order valence-corrected chi connectivity index (χ4v) is 3.54. The van der Waals surface area contributed by atoms with Gasteiger partial charge in [-0.2, -0.15) is 0 Å². The van der Waals surface area contributed by atoms with Crippen molar-refractivity contribution in [1.82, 2.24) is 0 Å². The number of allylic oxidation sites excluding steroid dienone is 4. The molecule has 23 heavy (non-hydrogen) atoms. The van der Waals surface area contributed by atoms with Gasteiger partial charge in [-0.15, -0.1) is 0 Å². The van der Waals surface area contributed by atoms with Gasteiger partial charge in [0.1, 0.15) is 0 Å². The standard InChI is InChI=1S/C23H30/c1-5-8-12-19-15-16-21-14-9-13-20(10-6-2)22(11-7-3)17-23(21)18(19)4/h5,8-9,12-17,20,22H,1,6-7,10-11H2,2-4H3/b12-8-,13-9-,21-14-,23-17+. The first-order chi connectivity index (χ1) is 11.2. The Hall–Kier alpha value is -1.82. The molecule has 2 atom stereocenters. The minimum Gasteiger partial charge on any atom is -0.0991 e. The number of benzene rings is 1. The first kappa shape index (κ1) is 17.5. The van der Waals surface area contributed by atoms with Crippen LogP contribution in [-0.4, -0.2) is 0 Å². The van der Waals surface area contributed by atoms with Crippen LogP contribution in [0, 0.1) is 18.8 Å². The first-order valence-electron chi connectivity index (χ1n) is 9.00. The van der Waals surface area contributed by atoms with E-state index in [9.17, 15) is 0 Å². The summed E-state index contributed by atoms with van der Waals surface area (Å²) in [5.41, 5.74) is 2.67. The summed E-state index contributed by atoms with van der Waals surface area (Å²) in [5, 5.41) is 2.76. The van der Waals surface area contributed by atoms with Crippen LogP contribution in [0.15, 0.2) is 43.0 Å². The third-order valence-electron chi connectivity index (χ3n) is 4.81. The molecule has 2 unspecified atom stereocenters. The van der Waals surface area contributed by atoms with Crippen LogP contribution in [0.2, 0.25) is 0 Å². The molecule has 0 aromatic heterocycles. The Morgan fingerprint density at radius 2 is 1.83 bits per heavy atom. The van der Waals surface area contributed by atoms with Gasteiger partial charge < -0.3 is 0 Å². The molecule has 0 bridgehead atoms. The van der Waals surface area contributed by atoms with E-state index in [1.165, 1.54) is 47.2 Å². The minimum absolute atomic E-state index is 0.640. The quantitative estimate of drug-likeness (QED) is 0.637. The van der Waals surface area contributed by atoms with Gasteiger partial charge in [-0.05, 0) is 53.2 Å². The zero-order valence-electron chi connectivity index (χ0n) is 14.9. The van der Waals surface area contributed by atoms with Crippen molar-refractivity contribution < 1.29 is 0 Å². The fraction of sp³-hybridized carbons (Fsp3) is 0.391. The molecule has 0 saturated carbocycles. The largest absolute Gasteiger partial charge is 0.0991 e. The molecular weight excluding hydrogens is 276 g/mol. The number of rotatable bonds is 6. The highest BCUT2D eigenvalue weighted by atomic mass is 14.2. The van der Waals surface area contributed by atoms with Crippen LogP contribution in [0.4, 0.5) is 0 Å². The highest BCUT2D eigenvalue weighted by molar-refractivity contribution is 5.58. The van der Waals surface area contributed by atoms with Crippen LogP contribution >= 0.6 is 0 Å². The summed E-state index contributed by atoms with van der Waals surface area (Å²) in [6.07, 6.45) is 20.5. The lowest BCUT2D eigenvalue weighted by molar-refractivity contribution is 0.431. The van der Waals surface area contributed by atoms with Crippen molar-refractivity contribution in [2.45, 2.75) is 46.5 Å². The monoisotopic (exact) mass is 306 g/mol. The summed E-state index contributed by atoms with van der Waals surface area (Å²) in [5.74, 6) is 1.30. The lowest BCUT2D eigenvalue weighted by atomic mass is 9.82. The van der Waals surface area contributed by atoms with Gasteiger partial charge in [0.25, 0.3) is 0 Å². The summed E-state index contributed by atoms with van der Waals surface area (Å²) in [6, 6.07) is 4.46. The van der Waals surface area contributed by atoms with E-state index in [4.69, 9.17) is 0 Å². The second kappa shape index (κ2) is 8.72. The normalized spacial score (nSPS) is 24.7. The molecule has 0 N–H and O–H groups in total. The van der Waals surface area contributed by atoms with E-state index in [2.05, 4.69) is 69.9 Å². The Morgan fingerprint density at radius 1 is 1.09 bits per heavy atom. The maximum Gasteiger partial charge on any atom is -0.0161 e. The molecule has 0 amide bonds. The van der Waals surface area contributed by atoms with Gasteiger partial charge in [0.2, 0.25) is 0 Å². The lowest BCUT2D eigenvalue weighted by Gasteiger charge is -2.22. The fourth-order valence-electron chi connectivity index (χ4n) is 3.54. The van der Waals surface area contributed by atoms with E-state index in [0.717, 1.165) is 0 Å². The highest BCUT2D eigenvalue weighted by Gasteiger charge is 2.16. The van der Waals surface area contributed by atoms with Crippen molar-refractivity contribution in [1.29, 1.82) is 0 Å². The van der Waals surface area contributed by atoms with Crippen LogP contribution < -0.4 is 10.4 Å². The van der Waals surface area contributed by atoms with E-state index < -0.39 is 0 Å². The van der Waals surface area contributed by atoms with Gasteiger partial charge in [-0.3, -0.25) is 0 Å². The van der Waals surface area contributed by atoms with Gasteiger partial charge >= 0.3 is 0 Å². The van der Waals surface area contributed by atoms with E-state index in [0.29, 0.717) is 11.8 Å². The molecule has 1 aliphatic rings. The van der Waals surface area contributed by atoms with Crippen molar-refractivity contribution >= 4 is 18.2 Å². The van der Waals surface area contributed by atoms with Crippen molar-refractivity contribution in [3.8, 4) is 0 Å². The van der Waals surface area contributed by atoms with Gasteiger partial charge in [-0.25, -0.2) is 0 Å².